The topological polar surface area (TPSA) is 38.7 Å². The van der Waals surface area contributed by atoms with Gasteiger partial charge in [0.15, 0.2) is 33.6 Å². The van der Waals surface area contributed by atoms with Gasteiger partial charge in [-0.2, -0.15) is 0 Å². The summed E-state index contributed by atoms with van der Waals surface area (Å²) in [5.41, 5.74) is -3.94. The minimum atomic E-state index is -6.73. The summed E-state index contributed by atoms with van der Waals surface area (Å²) in [7, 11) is -13.5. The van der Waals surface area contributed by atoms with Crippen LogP contribution in [-0.4, -0.2) is 31.1 Å². The minimum absolute atomic E-state index is 1.10. The highest BCUT2D eigenvalue weighted by Gasteiger charge is 2.43. The van der Waals surface area contributed by atoms with Crippen LogP contribution in [0.15, 0.2) is 260 Å². The summed E-state index contributed by atoms with van der Waals surface area (Å²) < 4.78 is 399. The zero-order valence-corrected chi connectivity index (χ0v) is 32.8. The fourth-order valence-electron chi connectivity index (χ4n) is 6.48. The molecule has 0 aliphatic rings. The van der Waals surface area contributed by atoms with Gasteiger partial charge in [0.2, 0.25) is 0 Å². The van der Waals surface area contributed by atoms with Crippen molar-refractivity contribution in [1.29, 1.82) is 0 Å². The monoisotopic (exact) mass is 869 g/mol. The van der Waals surface area contributed by atoms with E-state index in [0.29, 0.717) is 0 Å². The van der Waals surface area contributed by atoms with E-state index >= 15 is 0 Å². The zero-order valence-electron chi connectivity index (χ0n) is 73.8. The van der Waals surface area contributed by atoms with E-state index in [0.717, 1.165) is 0 Å². The Kier molecular flexibility index (Phi) is 3.80. The van der Waals surface area contributed by atoms with Crippen molar-refractivity contribution >= 4 is 57.6 Å². The van der Waals surface area contributed by atoms with Gasteiger partial charge in [-0.1, -0.05) is 260 Å². The van der Waals surface area contributed by atoms with Crippen molar-refractivity contribution in [3.63, 3.8) is 0 Å². The number of benzene rings is 9. The van der Waals surface area contributed by atoms with Crippen LogP contribution in [0.5, 0.6) is 0 Å². The van der Waals surface area contributed by atoms with Crippen LogP contribution in [0.4, 0.5) is 0 Å². The molecule has 0 fully saturated rings. The first-order valence-corrected chi connectivity index (χ1v) is 21.6. The standard InChI is InChI=1S/C57H43N3Si2/c1-8-24-44(25-9-1)55-58-56(45-26-22-40-53(42-45)61(47-28-10-2-11-29-47,48-30-12-3-13-31-48)49-32-14-4-15-33-49)60-57(59-55)46-27-23-41-54(43-46)62(50-34-16-5-17-35-50,51-36-18-6-19-37-51)52-38-20-7-21-39-52/h1-43H/i1D,2D,3D,4D,5D,6D,7D,8D,9D,10D,11D,12D,13D,14D,15D,16D,17D,18D,19D,20D,21D,22D,23D,24D,25D,26D,27D,28D,29D,30D,31D,32D,33D,34D,35D,36D,37D,38D,39D,40D,41D,42D,43D. The van der Waals surface area contributed by atoms with Gasteiger partial charge in [-0.15, -0.1) is 0 Å². The molecule has 1 aromatic heterocycles. The van der Waals surface area contributed by atoms with Gasteiger partial charge in [-0.3, -0.25) is 0 Å². The second-order valence-electron chi connectivity index (χ2n) is 12.3. The van der Waals surface area contributed by atoms with Gasteiger partial charge in [-0.05, 0) is 41.5 Å². The molecular weight excluding hydrogens is 783 g/mol. The lowest BCUT2D eigenvalue weighted by Gasteiger charge is -2.34. The number of nitrogens with zero attached hydrogens (tertiary/aromatic N) is 3. The summed E-state index contributed by atoms with van der Waals surface area (Å²) in [6, 6.07) is -59.0. The Morgan fingerprint density at radius 2 is 0.435 bits per heavy atom. The largest absolute Gasteiger partial charge is 0.208 e. The molecule has 294 valence electrons. The second-order valence-corrected chi connectivity index (χ2v) is 19.3. The van der Waals surface area contributed by atoms with Gasteiger partial charge in [0.1, 0.15) is 0 Å². The highest BCUT2D eigenvalue weighted by atomic mass is 28.3. The smallest absolute Gasteiger partial charge is 0.179 e. The van der Waals surface area contributed by atoms with E-state index in [1.165, 1.54) is 0 Å². The maximum Gasteiger partial charge on any atom is 0.179 e. The van der Waals surface area contributed by atoms with E-state index in [2.05, 4.69) is 15.0 Å². The molecule has 0 unspecified atom stereocenters. The molecule has 0 amide bonds. The molecule has 10 rings (SSSR count). The van der Waals surface area contributed by atoms with E-state index in [1.54, 1.807) is 0 Å². The second kappa shape index (κ2) is 17.2. The minimum Gasteiger partial charge on any atom is -0.208 e. The molecule has 9 aromatic carbocycles. The summed E-state index contributed by atoms with van der Waals surface area (Å²) >= 11 is 0. The summed E-state index contributed by atoms with van der Waals surface area (Å²) in [4.78, 5) is 13.0. The van der Waals surface area contributed by atoms with E-state index in [9.17, 15) is 27.4 Å². The van der Waals surface area contributed by atoms with Crippen LogP contribution in [0.25, 0.3) is 34.2 Å². The Balaban J connectivity index is 1.56. The molecule has 1 heterocycles. The third-order valence-corrected chi connectivity index (χ3v) is 17.1. The predicted molar refractivity (Wildman–Crippen MR) is 263 cm³/mol. The normalized spacial score (nSPS) is 21.3. The maximum absolute atomic E-state index is 10.5. The number of hydrogen-bond donors (Lipinski definition) is 0. The van der Waals surface area contributed by atoms with Crippen molar-refractivity contribution in [3.05, 3.63) is 260 Å². The molecule has 10 aromatic rings. The van der Waals surface area contributed by atoms with Crippen molar-refractivity contribution in [3.8, 4) is 34.2 Å². The SMILES string of the molecule is [2H]c1c([2H])c([2H])c(-c2nc(-c3c([2H])c([2H])c([2H])c([Si](c4c([2H])c([2H])c([2H])c([2H])c4[2H])(c4c([2H])c([2H])c([2H])c([2H])c4[2H])c4c([2H])c([2H])c([2H])c([2H])c4[2H])c3[2H])nc(-c3c([2H])c([2H])c([2H])c([Si](c4c([2H])c([2H])c([2H])c([2H])c4[2H])(c4c([2H])c([2H])c([2H])c([2H])c4[2H])c4c([2H])c([2H])c([2H])c([2H])c4[2H])c3[2H])n2)c([2H])c1[2H]. The van der Waals surface area contributed by atoms with E-state index in [-0.39, 0.29) is 0 Å². The van der Waals surface area contributed by atoms with Crippen molar-refractivity contribution in [2.45, 2.75) is 0 Å². The summed E-state index contributed by atoms with van der Waals surface area (Å²) in [5, 5.41) is -10.9. The van der Waals surface area contributed by atoms with Crippen LogP contribution in [0.3, 0.4) is 0 Å². The highest BCUT2D eigenvalue weighted by molar-refractivity contribution is 7.20. The van der Waals surface area contributed by atoms with Gasteiger partial charge in [-0.25, -0.2) is 15.0 Å². The molecule has 0 aliphatic heterocycles. The molecule has 0 bridgehead atoms. The van der Waals surface area contributed by atoms with E-state index < -0.39 is 352 Å². The van der Waals surface area contributed by atoms with Gasteiger partial charge >= 0.3 is 0 Å². The van der Waals surface area contributed by atoms with Crippen LogP contribution in [0.1, 0.15) is 58.9 Å². The van der Waals surface area contributed by atoms with Crippen LogP contribution < -0.4 is 41.5 Å². The van der Waals surface area contributed by atoms with Crippen LogP contribution in [0.2, 0.25) is 0 Å². The quantitative estimate of drug-likeness (QED) is 0.0993. The van der Waals surface area contributed by atoms with Gasteiger partial charge in [0.25, 0.3) is 0 Å². The van der Waals surface area contributed by atoms with Crippen LogP contribution in [-0.2, 0) is 0 Å². The third kappa shape index (κ3) is 7.03. The highest BCUT2D eigenvalue weighted by Crippen LogP contribution is 2.25. The van der Waals surface area contributed by atoms with Crippen molar-refractivity contribution < 1.29 is 58.9 Å². The van der Waals surface area contributed by atoms with Gasteiger partial charge < -0.3 is 0 Å². The summed E-state index contributed by atoms with van der Waals surface area (Å²) in [5.74, 6) is -4.18. The Morgan fingerprint density at radius 3 is 0.710 bits per heavy atom. The lowest BCUT2D eigenvalue weighted by Crippen LogP contribution is -2.74. The lowest BCUT2D eigenvalue weighted by atomic mass is 10.1. The van der Waals surface area contributed by atoms with Crippen molar-refractivity contribution in [1.82, 2.24) is 15.0 Å². The van der Waals surface area contributed by atoms with Gasteiger partial charge in [0.05, 0.1) is 58.9 Å². The predicted octanol–water partition coefficient (Wildman–Crippen LogP) is 7.63. The average molecular weight is 869 g/mol. The third-order valence-electron chi connectivity index (χ3n) is 9.06. The Bertz CT molecular complexity index is 4790. The van der Waals surface area contributed by atoms with Crippen LogP contribution >= 0.6 is 0 Å². The first kappa shape index (κ1) is 13.7. The molecule has 0 aliphatic carbocycles. The zero-order chi connectivity index (χ0) is 79.0. The first-order valence-electron chi connectivity index (χ1n) is 39.1. The molecular formula is C57H43N3Si2. The number of aromatic nitrogens is 3. The Morgan fingerprint density at radius 1 is 0.226 bits per heavy atom. The van der Waals surface area contributed by atoms with E-state index in [1.807, 2.05) is 0 Å². The molecule has 62 heavy (non-hydrogen) atoms. The molecule has 0 atom stereocenters. The first-order chi connectivity index (χ1) is 48.6. The molecule has 0 N–H and O–H groups in total. The average Bonchev–Trinajstić information content (AvgIpc) is 0.682. The Labute approximate surface area is 426 Å². The van der Waals surface area contributed by atoms with Gasteiger partial charge in [0, 0.05) is 16.7 Å². The summed E-state index contributed by atoms with van der Waals surface area (Å²) in [6.07, 6.45) is 0. The molecule has 0 spiro atoms. The number of rotatable bonds is 11. The molecule has 0 saturated carbocycles. The van der Waals surface area contributed by atoms with Crippen molar-refractivity contribution in [2.24, 2.45) is 0 Å². The van der Waals surface area contributed by atoms with Crippen LogP contribution in [0, 0.1) is 0 Å². The molecule has 5 heteroatoms. The molecule has 0 radical (unpaired) electrons. The summed E-state index contributed by atoms with van der Waals surface area (Å²) in [6.45, 7) is 0. The fraction of sp³-hybridized carbons (Fsp3) is 0. The Hall–Kier alpha value is -7.58. The number of hydrogen-bond acceptors (Lipinski definition) is 3. The fourth-order valence-corrected chi connectivity index (χ4v) is 13.6. The lowest BCUT2D eigenvalue weighted by molar-refractivity contribution is 1.07. The molecule has 3 nitrogen and oxygen atoms in total. The van der Waals surface area contributed by atoms with Crippen molar-refractivity contribution in [2.75, 3.05) is 0 Å². The van der Waals surface area contributed by atoms with E-state index in [4.69, 9.17) is 31.5 Å². The maximum atomic E-state index is 10.5. The molecule has 0 saturated heterocycles.